The van der Waals surface area contributed by atoms with Crippen LogP contribution in [0.1, 0.15) is 16.7 Å². The van der Waals surface area contributed by atoms with Crippen molar-refractivity contribution in [3.05, 3.63) is 34.9 Å². The number of aryl methyl sites for hydroxylation is 1. The molecule has 1 atom stereocenters. The molecule has 0 bridgehead atoms. The molecular formula is C9H15N2P. The minimum absolute atomic E-state index is 0.614. The van der Waals surface area contributed by atoms with Crippen LogP contribution in [0.4, 0.5) is 0 Å². The van der Waals surface area contributed by atoms with Crippen LogP contribution in [0.25, 0.3) is 0 Å². The Balaban J connectivity index is 2.94. The zero-order valence-electron chi connectivity index (χ0n) is 7.30. The van der Waals surface area contributed by atoms with E-state index in [9.17, 15) is 0 Å². The Hall–Kier alpha value is -0.430. The average molecular weight is 182 g/mol. The van der Waals surface area contributed by atoms with Gasteiger partial charge >= 0.3 is 0 Å². The molecule has 1 aromatic rings. The fourth-order valence-corrected chi connectivity index (χ4v) is 1.45. The van der Waals surface area contributed by atoms with Gasteiger partial charge in [0, 0.05) is 13.1 Å². The SMILES string of the molecule is Cc1ccc(CNP)c(CN)c1. The molecule has 0 saturated carbocycles. The Bertz CT molecular complexity index is 261. The lowest BCUT2D eigenvalue weighted by atomic mass is 10.0. The predicted octanol–water partition coefficient (Wildman–Crippen LogP) is 1.33. The maximum Gasteiger partial charge on any atom is 0.0240 e. The molecule has 3 N–H and O–H groups in total. The minimum atomic E-state index is 0.614. The summed E-state index contributed by atoms with van der Waals surface area (Å²) in [4.78, 5) is 0. The lowest BCUT2D eigenvalue weighted by Crippen LogP contribution is -2.06. The summed E-state index contributed by atoms with van der Waals surface area (Å²) < 4.78 is 0. The first-order valence-corrected chi connectivity index (χ1v) is 4.57. The molecule has 0 aliphatic heterocycles. The van der Waals surface area contributed by atoms with E-state index >= 15 is 0 Å². The van der Waals surface area contributed by atoms with Crippen molar-refractivity contribution < 1.29 is 0 Å². The van der Waals surface area contributed by atoms with E-state index in [4.69, 9.17) is 5.73 Å². The number of benzene rings is 1. The summed E-state index contributed by atoms with van der Waals surface area (Å²) in [6.07, 6.45) is 0. The van der Waals surface area contributed by atoms with Crippen molar-refractivity contribution in [3.63, 3.8) is 0 Å². The third-order valence-corrected chi connectivity index (χ3v) is 2.08. The van der Waals surface area contributed by atoms with Gasteiger partial charge in [0.05, 0.1) is 0 Å². The van der Waals surface area contributed by atoms with E-state index in [0.717, 1.165) is 6.54 Å². The molecule has 0 radical (unpaired) electrons. The molecule has 66 valence electrons. The van der Waals surface area contributed by atoms with Crippen LogP contribution < -0.4 is 10.8 Å². The van der Waals surface area contributed by atoms with E-state index in [-0.39, 0.29) is 0 Å². The largest absolute Gasteiger partial charge is 0.326 e. The molecule has 0 aromatic heterocycles. The third-order valence-electron chi connectivity index (χ3n) is 1.87. The quantitative estimate of drug-likeness (QED) is 0.692. The van der Waals surface area contributed by atoms with Crippen molar-refractivity contribution in [3.8, 4) is 0 Å². The van der Waals surface area contributed by atoms with E-state index < -0.39 is 0 Å². The third kappa shape index (κ3) is 2.28. The van der Waals surface area contributed by atoms with E-state index in [1.54, 1.807) is 0 Å². The van der Waals surface area contributed by atoms with Gasteiger partial charge in [-0.3, -0.25) is 5.09 Å². The summed E-state index contributed by atoms with van der Waals surface area (Å²) in [6, 6.07) is 6.36. The van der Waals surface area contributed by atoms with Crippen molar-refractivity contribution in [2.24, 2.45) is 5.73 Å². The van der Waals surface area contributed by atoms with Crippen molar-refractivity contribution in [1.29, 1.82) is 0 Å². The average Bonchev–Trinajstić information content (AvgIpc) is 2.08. The molecule has 1 rings (SSSR count). The molecule has 3 heteroatoms. The van der Waals surface area contributed by atoms with Crippen LogP contribution in [-0.2, 0) is 13.1 Å². The van der Waals surface area contributed by atoms with Gasteiger partial charge in [0.15, 0.2) is 0 Å². The number of nitrogens with one attached hydrogen (secondary N) is 1. The normalized spacial score (nSPS) is 10.2. The van der Waals surface area contributed by atoms with Crippen molar-refractivity contribution in [1.82, 2.24) is 5.09 Å². The number of hydrogen-bond donors (Lipinski definition) is 2. The van der Waals surface area contributed by atoms with Crippen LogP contribution in [-0.4, -0.2) is 0 Å². The first-order chi connectivity index (χ1) is 5.77. The molecule has 0 aliphatic carbocycles. The molecule has 0 heterocycles. The molecule has 12 heavy (non-hydrogen) atoms. The summed E-state index contributed by atoms with van der Waals surface area (Å²) in [6.45, 7) is 3.55. The molecule has 2 nitrogen and oxygen atoms in total. The molecule has 1 aromatic carbocycles. The van der Waals surface area contributed by atoms with Crippen LogP contribution in [0, 0.1) is 6.92 Å². The molecule has 0 amide bonds. The second-order valence-electron chi connectivity index (χ2n) is 2.86. The summed E-state index contributed by atoms with van der Waals surface area (Å²) >= 11 is 0. The highest BCUT2D eigenvalue weighted by Gasteiger charge is 1.98. The van der Waals surface area contributed by atoms with Gasteiger partial charge in [0.1, 0.15) is 0 Å². The maximum absolute atomic E-state index is 5.62. The smallest absolute Gasteiger partial charge is 0.0240 e. The highest BCUT2D eigenvalue weighted by atomic mass is 31.0. The van der Waals surface area contributed by atoms with E-state index in [0.29, 0.717) is 6.54 Å². The first kappa shape index (κ1) is 9.66. The standard InChI is InChI=1S/C9H15N2P/c1-7-2-3-8(6-11-12)9(4-7)5-10/h2-4,11H,5-6,10,12H2,1H3. The number of nitrogens with two attached hydrogens (primary N) is 1. The zero-order chi connectivity index (χ0) is 8.97. The number of hydrogen-bond acceptors (Lipinski definition) is 2. The molecule has 1 unspecified atom stereocenters. The Morgan fingerprint density at radius 2 is 2.17 bits per heavy atom. The lowest BCUT2D eigenvalue weighted by molar-refractivity contribution is 0.928. The first-order valence-electron chi connectivity index (χ1n) is 4.00. The van der Waals surface area contributed by atoms with E-state index in [1.165, 1.54) is 16.7 Å². The molecule has 0 spiro atoms. The van der Waals surface area contributed by atoms with Crippen molar-refractivity contribution in [2.45, 2.75) is 20.0 Å². The Morgan fingerprint density at radius 1 is 1.42 bits per heavy atom. The Kier molecular flexibility index (Phi) is 3.67. The van der Waals surface area contributed by atoms with Crippen molar-refractivity contribution in [2.75, 3.05) is 0 Å². The number of rotatable bonds is 3. The molecule has 0 aliphatic rings. The van der Waals surface area contributed by atoms with Crippen LogP contribution in [0.2, 0.25) is 0 Å². The molecule has 0 fully saturated rings. The highest BCUT2D eigenvalue weighted by Crippen LogP contribution is 2.11. The fourth-order valence-electron chi connectivity index (χ4n) is 1.23. The Morgan fingerprint density at radius 3 is 2.75 bits per heavy atom. The fraction of sp³-hybridized carbons (Fsp3) is 0.333. The van der Waals surface area contributed by atoms with Gasteiger partial charge in [-0.1, -0.05) is 33.2 Å². The van der Waals surface area contributed by atoms with Gasteiger partial charge in [-0.25, -0.2) is 0 Å². The van der Waals surface area contributed by atoms with Crippen LogP contribution in [0.5, 0.6) is 0 Å². The van der Waals surface area contributed by atoms with Gasteiger partial charge in [0.2, 0.25) is 0 Å². The highest BCUT2D eigenvalue weighted by molar-refractivity contribution is 7.13. The lowest BCUT2D eigenvalue weighted by Gasteiger charge is -2.07. The minimum Gasteiger partial charge on any atom is -0.326 e. The monoisotopic (exact) mass is 182 g/mol. The second kappa shape index (κ2) is 4.56. The summed E-state index contributed by atoms with van der Waals surface area (Å²) in [5.41, 5.74) is 9.38. The van der Waals surface area contributed by atoms with Gasteiger partial charge in [0.25, 0.3) is 0 Å². The van der Waals surface area contributed by atoms with Crippen LogP contribution in [0.15, 0.2) is 18.2 Å². The molecule has 0 saturated heterocycles. The molecular weight excluding hydrogens is 167 g/mol. The van der Waals surface area contributed by atoms with Gasteiger partial charge < -0.3 is 5.73 Å². The van der Waals surface area contributed by atoms with E-state index in [1.807, 2.05) is 0 Å². The van der Waals surface area contributed by atoms with Crippen LogP contribution in [0.3, 0.4) is 0 Å². The zero-order valence-corrected chi connectivity index (χ0v) is 8.46. The summed E-state index contributed by atoms with van der Waals surface area (Å²) in [5, 5.41) is 3.04. The maximum atomic E-state index is 5.62. The Labute approximate surface area is 75.8 Å². The summed E-state index contributed by atoms with van der Waals surface area (Å²) in [7, 11) is 2.49. The second-order valence-corrected chi connectivity index (χ2v) is 3.27. The summed E-state index contributed by atoms with van der Waals surface area (Å²) in [5.74, 6) is 0. The van der Waals surface area contributed by atoms with Crippen molar-refractivity contribution >= 4 is 9.39 Å². The van der Waals surface area contributed by atoms with Gasteiger partial charge in [-0.2, -0.15) is 0 Å². The van der Waals surface area contributed by atoms with E-state index in [2.05, 4.69) is 39.6 Å². The van der Waals surface area contributed by atoms with Gasteiger partial charge in [-0.05, 0) is 18.1 Å². The van der Waals surface area contributed by atoms with Crippen LogP contribution >= 0.6 is 9.39 Å². The predicted molar refractivity (Wildman–Crippen MR) is 55.6 cm³/mol. The topological polar surface area (TPSA) is 38.0 Å². The van der Waals surface area contributed by atoms with Gasteiger partial charge in [-0.15, -0.1) is 0 Å².